The number of hydrogen-bond acceptors (Lipinski definition) is 2. The van der Waals surface area contributed by atoms with Gasteiger partial charge in [0, 0.05) is 17.8 Å². The monoisotopic (exact) mass is 282 g/mol. The first-order valence-corrected chi connectivity index (χ1v) is 6.44. The molecule has 108 valence electrons. The van der Waals surface area contributed by atoms with E-state index < -0.39 is 17.6 Å². The van der Waals surface area contributed by atoms with Crippen molar-refractivity contribution in [3.63, 3.8) is 0 Å². The van der Waals surface area contributed by atoms with Crippen LogP contribution < -0.4 is 10.6 Å². The summed E-state index contributed by atoms with van der Waals surface area (Å²) in [7, 11) is 0. The lowest BCUT2D eigenvalue weighted by molar-refractivity contribution is -0.125. The molecule has 0 saturated heterocycles. The molecule has 2 amide bonds. The van der Waals surface area contributed by atoms with E-state index in [-0.39, 0.29) is 29.5 Å². The molecule has 2 atom stereocenters. The zero-order chi connectivity index (χ0) is 14.9. The van der Waals surface area contributed by atoms with Crippen LogP contribution in [-0.2, 0) is 9.59 Å². The molecule has 0 aromatic heterocycles. The topological polar surface area (TPSA) is 58.2 Å². The lowest BCUT2D eigenvalue weighted by Gasteiger charge is -2.08. The largest absolute Gasteiger partial charge is 0.354 e. The molecule has 0 bridgehead atoms. The van der Waals surface area contributed by atoms with Crippen LogP contribution in [0.2, 0.25) is 0 Å². The molecular weight excluding hydrogens is 266 g/mol. The minimum Gasteiger partial charge on any atom is -0.354 e. The number of carbonyl (C=O) groups excluding carboxylic acids is 2. The highest BCUT2D eigenvalue weighted by atomic mass is 19.2. The second kappa shape index (κ2) is 5.56. The smallest absolute Gasteiger partial charge is 0.228 e. The molecule has 1 aliphatic carbocycles. The van der Waals surface area contributed by atoms with Gasteiger partial charge in [0.05, 0.1) is 11.8 Å². The van der Waals surface area contributed by atoms with Gasteiger partial charge >= 0.3 is 0 Å². The van der Waals surface area contributed by atoms with Crippen molar-refractivity contribution in [3.8, 4) is 0 Å². The summed E-state index contributed by atoms with van der Waals surface area (Å²) < 4.78 is 25.8. The number of halogens is 2. The minimum atomic E-state index is -1.02. The fourth-order valence-electron chi connectivity index (χ4n) is 1.97. The zero-order valence-electron chi connectivity index (χ0n) is 11.2. The van der Waals surface area contributed by atoms with Crippen molar-refractivity contribution in [2.45, 2.75) is 26.3 Å². The lowest BCUT2D eigenvalue weighted by atomic mass is 10.2. The van der Waals surface area contributed by atoms with E-state index in [0.29, 0.717) is 6.42 Å². The number of nitrogens with one attached hydrogen (secondary N) is 2. The highest BCUT2D eigenvalue weighted by Crippen LogP contribution is 2.39. The van der Waals surface area contributed by atoms with Gasteiger partial charge in [0.1, 0.15) is 0 Å². The van der Waals surface area contributed by atoms with Crippen LogP contribution in [0.3, 0.4) is 0 Å². The number of hydrogen-bond donors (Lipinski definition) is 2. The molecule has 1 fully saturated rings. The summed E-state index contributed by atoms with van der Waals surface area (Å²) in [6.07, 6.45) is 0.480. The lowest BCUT2D eigenvalue weighted by Crippen LogP contribution is -2.32. The molecular formula is C14H16F2N2O2. The summed E-state index contributed by atoms with van der Waals surface area (Å²) in [6, 6.07) is 3.17. The Morgan fingerprint density at radius 2 is 1.80 bits per heavy atom. The molecule has 4 nitrogen and oxygen atoms in total. The molecule has 6 heteroatoms. The van der Waals surface area contributed by atoms with E-state index in [9.17, 15) is 18.4 Å². The molecule has 2 unspecified atom stereocenters. The number of carbonyl (C=O) groups is 2. The van der Waals surface area contributed by atoms with Gasteiger partial charge in [-0.2, -0.15) is 0 Å². The number of benzene rings is 1. The van der Waals surface area contributed by atoms with Gasteiger partial charge in [-0.1, -0.05) is 0 Å². The quantitative estimate of drug-likeness (QED) is 0.888. The average Bonchev–Trinajstić information content (AvgIpc) is 3.13. The van der Waals surface area contributed by atoms with E-state index in [1.807, 2.05) is 13.8 Å². The molecule has 1 aromatic rings. The first kappa shape index (κ1) is 14.4. The fourth-order valence-corrected chi connectivity index (χ4v) is 1.97. The molecule has 0 radical (unpaired) electrons. The molecule has 1 saturated carbocycles. The van der Waals surface area contributed by atoms with Crippen LogP contribution in [0.4, 0.5) is 14.5 Å². The second-order valence-electron chi connectivity index (χ2n) is 5.23. The SMILES string of the molecule is CC(C)NC(=O)C1CC1C(=O)Nc1ccc(F)c(F)c1. The van der Waals surface area contributed by atoms with E-state index in [2.05, 4.69) is 10.6 Å². The Morgan fingerprint density at radius 3 is 2.40 bits per heavy atom. The first-order chi connectivity index (χ1) is 9.38. The normalized spacial score (nSPS) is 20.6. The molecule has 1 aromatic carbocycles. The van der Waals surface area contributed by atoms with E-state index in [1.54, 1.807) is 0 Å². The van der Waals surface area contributed by atoms with E-state index in [4.69, 9.17) is 0 Å². The van der Waals surface area contributed by atoms with Crippen molar-refractivity contribution >= 4 is 17.5 Å². The van der Waals surface area contributed by atoms with Gasteiger partial charge in [-0.25, -0.2) is 8.78 Å². The molecule has 0 aliphatic heterocycles. The van der Waals surface area contributed by atoms with Crippen LogP contribution >= 0.6 is 0 Å². The molecule has 1 aliphatic rings. The highest BCUT2D eigenvalue weighted by Gasteiger charge is 2.48. The third-order valence-electron chi connectivity index (χ3n) is 3.08. The van der Waals surface area contributed by atoms with Crippen molar-refractivity contribution in [2.75, 3.05) is 5.32 Å². The molecule has 2 rings (SSSR count). The van der Waals surface area contributed by atoms with Crippen molar-refractivity contribution in [1.29, 1.82) is 0 Å². The summed E-state index contributed by atoms with van der Waals surface area (Å²) in [5, 5.41) is 5.23. The Labute approximate surface area is 115 Å². The van der Waals surface area contributed by atoms with Gasteiger partial charge in [0.2, 0.25) is 11.8 Å². The highest BCUT2D eigenvalue weighted by molar-refractivity contribution is 5.99. The van der Waals surface area contributed by atoms with Crippen molar-refractivity contribution in [2.24, 2.45) is 11.8 Å². The van der Waals surface area contributed by atoms with Crippen molar-refractivity contribution in [3.05, 3.63) is 29.8 Å². The predicted molar refractivity (Wildman–Crippen MR) is 69.9 cm³/mol. The molecule has 2 N–H and O–H groups in total. The second-order valence-corrected chi connectivity index (χ2v) is 5.23. The number of rotatable bonds is 4. The Hall–Kier alpha value is -1.98. The molecule has 0 spiro atoms. The van der Waals surface area contributed by atoms with Crippen molar-refractivity contribution in [1.82, 2.24) is 5.32 Å². The van der Waals surface area contributed by atoms with Crippen molar-refractivity contribution < 1.29 is 18.4 Å². The van der Waals surface area contributed by atoms with Crippen LogP contribution in [-0.4, -0.2) is 17.9 Å². The van der Waals surface area contributed by atoms with E-state index in [1.165, 1.54) is 6.07 Å². The van der Waals surface area contributed by atoms with Gasteiger partial charge in [-0.3, -0.25) is 9.59 Å². The van der Waals surface area contributed by atoms with Gasteiger partial charge in [0.25, 0.3) is 0 Å². The summed E-state index contributed by atoms with van der Waals surface area (Å²) in [4.78, 5) is 23.5. The maximum Gasteiger partial charge on any atom is 0.228 e. The fraction of sp³-hybridized carbons (Fsp3) is 0.429. The van der Waals surface area contributed by atoms with E-state index in [0.717, 1.165) is 12.1 Å². The summed E-state index contributed by atoms with van der Waals surface area (Å²) >= 11 is 0. The third-order valence-corrected chi connectivity index (χ3v) is 3.08. The maximum absolute atomic E-state index is 13.0. The van der Waals surface area contributed by atoms with Crippen LogP contribution in [0, 0.1) is 23.5 Å². The van der Waals surface area contributed by atoms with Crippen LogP contribution in [0.15, 0.2) is 18.2 Å². The summed E-state index contributed by atoms with van der Waals surface area (Å²) in [5.41, 5.74) is 0.184. The van der Waals surface area contributed by atoms with Crippen LogP contribution in [0.1, 0.15) is 20.3 Å². The van der Waals surface area contributed by atoms with Crippen LogP contribution in [0.5, 0.6) is 0 Å². The maximum atomic E-state index is 13.0. The Bertz CT molecular complexity index is 546. The Morgan fingerprint density at radius 1 is 1.15 bits per heavy atom. The third kappa shape index (κ3) is 3.31. The van der Waals surface area contributed by atoms with Gasteiger partial charge in [-0.15, -0.1) is 0 Å². The Balaban J connectivity index is 1.91. The van der Waals surface area contributed by atoms with Gasteiger partial charge in [-0.05, 0) is 32.4 Å². The summed E-state index contributed by atoms with van der Waals surface area (Å²) in [6.45, 7) is 3.69. The standard InChI is InChI=1S/C14H16F2N2O2/c1-7(2)17-13(19)9-6-10(9)14(20)18-8-3-4-11(15)12(16)5-8/h3-5,7,9-10H,6H2,1-2H3,(H,17,19)(H,18,20). The first-order valence-electron chi connectivity index (χ1n) is 6.44. The zero-order valence-corrected chi connectivity index (χ0v) is 11.2. The summed E-state index contributed by atoms with van der Waals surface area (Å²) in [5.74, 6) is -3.22. The average molecular weight is 282 g/mol. The van der Waals surface area contributed by atoms with Crippen LogP contribution in [0.25, 0.3) is 0 Å². The number of anilines is 1. The van der Waals surface area contributed by atoms with Gasteiger partial charge in [0.15, 0.2) is 11.6 Å². The number of amides is 2. The molecule has 20 heavy (non-hydrogen) atoms. The van der Waals surface area contributed by atoms with Gasteiger partial charge < -0.3 is 10.6 Å². The van der Waals surface area contributed by atoms with E-state index >= 15 is 0 Å². The minimum absolute atomic E-state index is 0.0259. The Kier molecular flexibility index (Phi) is 4.01. The molecule has 0 heterocycles. The predicted octanol–water partition coefficient (Wildman–Crippen LogP) is 2.06.